The van der Waals surface area contributed by atoms with Gasteiger partial charge in [0.1, 0.15) is 17.4 Å². The highest BCUT2D eigenvalue weighted by molar-refractivity contribution is 5.85. The molecule has 1 atom stereocenters. The standard InChI is InChI=1S/C15H17NO2/c1-4-11(9-16)17-15-12-7-5-6-8-13(12)18-14(15)10(2)3/h5-8,10-11H,4H2,1-3H3. The second-order valence-corrected chi connectivity index (χ2v) is 4.59. The van der Waals surface area contributed by atoms with Gasteiger partial charge in [-0.1, -0.05) is 32.9 Å². The Balaban J connectivity index is 2.52. The van der Waals surface area contributed by atoms with Crippen molar-refractivity contribution in [3.63, 3.8) is 0 Å². The fourth-order valence-corrected chi connectivity index (χ4v) is 1.89. The summed E-state index contributed by atoms with van der Waals surface area (Å²) in [7, 11) is 0. The predicted molar refractivity (Wildman–Crippen MR) is 70.6 cm³/mol. The molecule has 1 aromatic heterocycles. The maximum atomic E-state index is 9.02. The van der Waals surface area contributed by atoms with Crippen LogP contribution in [0.25, 0.3) is 11.0 Å². The fraction of sp³-hybridized carbons (Fsp3) is 0.400. The Hall–Kier alpha value is -1.95. The van der Waals surface area contributed by atoms with Crippen LogP contribution in [0, 0.1) is 11.3 Å². The highest BCUT2D eigenvalue weighted by atomic mass is 16.5. The first-order chi connectivity index (χ1) is 8.67. The number of fused-ring (bicyclic) bond motifs is 1. The second kappa shape index (κ2) is 5.14. The minimum atomic E-state index is -0.427. The fourth-order valence-electron chi connectivity index (χ4n) is 1.89. The molecule has 0 amide bonds. The molecule has 1 unspecified atom stereocenters. The van der Waals surface area contributed by atoms with E-state index in [2.05, 4.69) is 19.9 Å². The number of hydrogen-bond acceptors (Lipinski definition) is 3. The van der Waals surface area contributed by atoms with Crippen molar-refractivity contribution in [1.82, 2.24) is 0 Å². The molecule has 3 nitrogen and oxygen atoms in total. The molecule has 1 aromatic carbocycles. The summed E-state index contributed by atoms with van der Waals surface area (Å²) in [6, 6.07) is 9.92. The highest BCUT2D eigenvalue weighted by Crippen LogP contribution is 2.38. The van der Waals surface area contributed by atoms with Crippen LogP contribution in [0.15, 0.2) is 28.7 Å². The average Bonchev–Trinajstić information content (AvgIpc) is 2.75. The Bertz CT molecular complexity index is 578. The molecule has 0 radical (unpaired) electrons. The van der Waals surface area contributed by atoms with E-state index in [1.54, 1.807) is 0 Å². The lowest BCUT2D eigenvalue weighted by Crippen LogP contribution is -2.13. The van der Waals surface area contributed by atoms with Crippen LogP contribution in [0.2, 0.25) is 0 Å². The van der Waals surface area contributed by atoms with E-state index in [9.17, 15) is 0 Å². The van der Waals surface area contributed by atoms with E-state index in [-0.39, 0.29) is 5.92 Å². The Labute approximate surface area is 107 Å². The Morgan fingerprint density at radius 1 is 1.33 bits per heavy atom. The SMILES string of the molecule is CCC(C#N)Oc1c(C(C)C)oc2ccccc12. The van der Waals surface area contributed by atoms with Gasteiger partial charge in [0, 0.05) is 5.92 Å². The topological polar surface area (TPSA) is 46.2 Å². The van der Waals surface area contributed by atoms with E-state index < -0.39 is 6.10 Å². The van der Waals surface area contributed by atoms with Crippen LogP contribution in [-0.2, 0) is 0 Å². The number of rotatable bonds is 4. The van der Waals surface area contributed by atoms with Crippen LogP contribution in [0.4, 0.5) is 0 Å². The number of nitriles is 1. The van der Waals surface area contributed by atoms with E-state index in [1.807, 2.05) is 31.2 Å². The van der Waals surface area contributed by atoms with Gasteiger partial charge >= 0.3 is 0 Å². The van der Waals surface area contributed by atoms with Crippen molar-refractivity contribution in [2.24, 2.45) is 0 Å². The maximum absolute atomic E-state index is 9.02. The largest absolute Gasteiger partial charge is 0.471 e. The van der Waals surface area contributed by atoms with Crippen molar-refractivity contribution in [3.8, 4) is 11.8 Å². The summed E-state index contributed by atoms with van der Waals surface area (Å²) >= 11 is 0. The lowest BCUT2D eigenvalue weighted by atomic mass is 10.1. The summed E-state index contributed by atoms with van der Waals surface area (Å²) in [5.74, 6) is 1.75. The molecule has 0 N–H and O–H groups in total. The monoisotopic (exact) mass is 243 g/mol. The summed E-state index contributed by atoms with van der Waals surface area (Å²) in [6.07, 6.45) is 0.233. The Morgan fingerprint density at radius 2 is 2.06 bits per heavy atom. The van der Waals surface area contributed by atoms with Crippen molar-refractivity contribution in [2.45, 2.75) is 39.2 Å². The van der Waals surface area contributed by atoms with Crippen molar-refractivity contribution in [2.75, 3.05) is 0 Å². The number of para-hydroxylation sites is 1. The summed E-state index contributed by atoms with van der Waals surface area (Å²) in [6.45, 7) is 6.04. The maximum Gasteiger partial charge on any atom is 0.184 e. The molecule has 0 saturated carbocycles. The quantitative estimate of drug-likeness (QED) is 0.806. The molecule has 0 spiro atoms. The van der Waals surface area contributed by atoms with Crippen molar-refractivity contribution in [3.05, 3.63) is 30.0 Å². The number of hydrogen-bond donors (Lipinski definition) is 0. The van der Waals surface area contributed by atoms with Gasteiger partial charge in [-0.2, -0.15) is 5.26 Å². The van der Waals surface area contributed by atoms with Gasteiger partial charge in [0.25, 0.3) is 0 Å². The molecule has 2 rings (SSSR count). The van der Waals surface area contributed by atoms with Crippen molar-refractivity contribution >= 4 is 11.0 Å². The zero-order valence-corrected chi connectivity index (χ0v) is 10.9. The summed E-state index contributed by atoms with van der Waals surface area (Å²) < 4.78 is 11.6. The zero-order chi connectivity index (χ0) is 13.1. The number of furan rings is 1. The first-order valence-electron chi connectivity index (χ1n) is 6.25. The van der Waals surface area contributed by atoms with Crippen LogP contribution in [0.1, 0.15) is 38.9 Å². The van der Waals surface area contributed by atoms with E-state index in [1.165, 1.54) is 0 Å². The Kier molecular flexibility index (Phi) is 3.57. The van der Waals surface area contributed by atoms with Crippen LogP contribution in [0.5, 0.6) is 5.75 Å². The van der Waals surface area contributed by atoms with Crippen LogP contribution < -0.4 is 4.74 Å². The van der Waals surface area contributed by atoms with Crippen LogP contribution in [0.3, 0.4) is 0 Å². The smallest absolute Gasteiger partial charge is 0.184 e. The number of ether oxygens (including phenoxy) is 1. The average molecular weight is 243 g/mol. The first-order valence-corrected chi connectivity index (χ1v) is 6.25. The van der Waals surface area contributed by atoms with Gasteiger partial charge in [0.05, 0.1) is 5.39 Å². The van der Waals surface area contributed by atoms with Crippen molar-refractivity contribution in [1.29, 1.82) is 5.26 Å². The molecule has 0 fully saturated rings. The second-order valence-electron chi connectivity index (χ2n) is 4.59. The third-order valence-electron chi connectivity index (χ3n) is 2.87. The molecule has 2 aromatic rings. The summed E-state index contributed by atoms with van der Waals surface area (Å²) in [4.78, 5) is 0. The molecule has 94 valence electrons. The normalized spacial score (nSPS) is 12.6. The third kappa shape index (κ3) is 2.19. The van der Waals surface area contributed by atoms with E-state index in [0.29, 0.717) is 12.2 Å². The van der Waals surface area contributed by atoms with Gasteiger partial charge in [-0.05, 0) is 18.6 Å². The minimum absolute atomic E-state index is 0.226. The predicted octanol–water partition coefficient (Wildman–Crippen LogP) is 4.24. The van der Waals surface area contributed by atoms with E-state index in [4.69, 9.17) is 14.4 Å². The molecule has 18 heavy (non-hydrogen) atoms. The van der Waals surface area contributed by atoms with Gasteiger partial charge in [-0.3, -0.25) is 0 Å². The summed E-state index contributed by atoms with van der Waals surface area (Å²) in [5.41, 5.74) is 0.809. The number of nitrogens with zero attached hydrogens (tertiary/aromatic N) is 1. The molecule has 0 aliphatic rings. The molecule has 0 aliphatic carbocycles. The van der Waals surface area contributed by atoms with E-state index >= 15 is 0 Å². The molecular weight excluding hydrogens is 226 g/mol. The molecule has 1 heterocycles. The lowest BCUT2D eigenvalue weighted by molar-refractivity contribution is 0.246. The van der Waals surface area contributed by atoms with Gasteiger partial charge < -0.3 is 9.15 Å². The molecule has 0 aliphatic heterocycles. The van der Waals surface area contributed by atoms with Gasteiger partial charge in [0.15, 0.2) is 11.9 Å². The lowest BCUT2D eigenvalue weighted by Gasteiger charge is -2.11. The van der Waals surface area contributed by atoms with Gasteiger partial charge in [-0.15, -0.1) is 0 Å². The third-order valence-corrected chi connectivity index (χ3v) is 2.87. The minimum Gasteiger partial charge on any atom is -0.471 e. The van der Waals surface area contributed by atoms with Crippen LogP contribution in [-0.4, -0.2) is 6.10 Å². The summed E-state index contributed by atoms with van der Waals surface area (Å²) in [5, 5.41) is 9.96. The van der Waals surface area contributed by atoms with Gasteiger partial charge in [-0.25, -0.2) is 0 Å². The van der Waals surface area contributed by atoms with Crippen molar-refractivity contribution < 1.29 is 9.15 Å². The number of benzene rings is 1. The first kappa shape index (κ1) is 12.5. The molecule has 0 bridgehead atoms. The molecular formula is C15H17NO2. The van der Waals surface area contributed by atoms with E-state index in [0.717, 1.165) is 16.7 Å². The molecule has 3 heteroatoms. The zero-order valence-electron chi connectivity index (χ0n) is 10.9. The Morgan fingerprint density at radius 3 is 2.67 bits per heavy atom. The highest BCUT2D eigenvalue weighted by Gasteiger charge is 2.20. The van der Waals surface area contributed by atoms with Gasteiger partial charge in [0.2, 0.25) is 0 Å². The molecule has 0 saturated heterocycles. The van der Waals surface area contributed by atoms with Crippen LogP contribution >= 0.6 is 0 Å².